The molecule has 0 saturated carbocycles. The van der Waals surface area contributed by atoms with Crippen molar-refractivity contribution in [3.63, 3.8) is 0 Å². The Balaban J connectivity index is 4.27. The number of carbonyl (C=O) groups excluding carboxylic acids is 2. The maximum absolute atomic E-state index is 11.4. The number of rotatable bonds is 6. The Kier molecular flexibility index (Phi) is 7.96. The van der Waals surface area contributed by atoms with Gasteiger partial charge < -0.3 is 0 Å². The van der Waals surface area contributed by atoms with Crippen LogP contribution in [-0.4, -0.2) is 35.5 Å². The number of hydrogen-bond donors (Lipinski definition) is 0. The second-order valence-electron chi connectivity index (χ2n) is 4.40. The van der Waals surface area contributed by atoms with Gasteiger partial charge in [0, 0.05) is 0 Å². The van der Waals surface area contributed by atoms with Gasteiger partial charge in [-0.05, 0) is 0 Å². The van der Waals surface area contributed by atoms with Crippen LogP contribution in [0.3, 0.4) is 0 Å². The van der Waals surface area contributed by atoms with E-state index in [2.05, 4.69) is 0 Å². The SMILES string of the molecule is CC[CH2][Tl]([O]C(=O)C(C)C)[O]C(=O)C(C)C. The van der Waals surface area contributed by atoms with Crippen molar-refractivity contribution in [2.24, 2.45) is 11.8 Å². The molecule has 0 amide bonds. The first-order valence-electron chi connectivity index (χ1n) is 5.79. The van der Waals surface area contributed by atoms with Crippen LogP contribution in [0.4, 0.5) is 0 Å². The maximum atomic E-state index is 11.4. The molecule has 0 atom stereocenters. The number of hydrogen-bond acceptors (Lipinski definition) is 4. The average Bonchev–Trinajstić information content (AvgIpc) is 2.17. The van der Waals surface area contributed by atoms with Crippen LogP contribution in [0, 0.1) is 11.8 Å². The summed E-state index contributed by atoms with van der Waals surface area (Å²) in [5, 5.41) is 0. The van der Waals surface area contributed by atoms with Gasteiger partial charge in [-0.15, -0.1) is 0 Å². The van der Waals surface area contributed by atoms with Crippen LogP contribution in [0.2, 0.25) is 3.98 Å². The summed E-state index contributed by atoms with van der Waals surface area (Å²) in [6, 6.07) is 0. The molecule has 0 aliphatic heterocycles. The predicted octanol–water partition coefficient (Wildman–Crippen LogP) is 2.28. The van der Waals surface area contributed by atoms with Gasteiger partial charge in [0.15, 0.2) is 0 Å². The van der Waals surface area contributed by atoms with E-state index >= 15 is 0 Å². The summed E-state index contributed by atoms with van der Waals surface area (Å²) in [6.45, 7) is 9.12. The second-order valence-corrected chi connectivity index (χ2v) is 11.8. The minimum absolute atomic E-state index is 0.155. The zero-order chi connectivity index (χ0) is 12.7. The molecule has 0 fully saturated rings. The van der Waals surface area contributed by atoms with Crippen molar-refractivity contribution in [2.45, 2.75) is 45.0 Å². The van der Waals surface area contributed by atoms with Crippen LogP contribution in [0.1, 0.15) is 41.0 Å². The molecule has 0 aromatic heterocycles. The van der Waals surface area contributed by atoms with Crippen molar-refractivity contribution in [1.29, 1.82) is 0 Å². The minimum atomic E-state index is -3.01. The molecular formula is C11H21O4Tl. The van der Waals surface area contributed by atoms with Gasteiger partial charge in [0.05, 0.1) is 0 Å². The zero-order valence-corrected chi connectivity index (χ0v) is 15.3. The zero-order valence-electron chi connectivity index (χ0n) is 10.8. The van der Waals surface area contributed by atoms with Crippen molar-refractivity contribution in [1.82, 2.24) is 0 Å². The Morgan fingerprint density at radius 3 is 1.62 bits per heavy atom. The summed E-state index contributed by atoms with van der Waals surface area (Å²) in [4.78, 5) is 22.8. The van der Waals surface area contributed by atoms with Gasteiger partial charge in [0.1, 0.15) is 0 Å². The molecule has 0 heterocycles. The van der Waals surface area contributed by atoms with Crippen molar-refractivity contribution in [2.75, 3.05) is 0 Å². The van der Waals surface area contributed by atoms with Crippen LogP contribution >= 0.6 is 0 Å². The Bertz CT molecular complexity index is 216. The number of carbonyl (C=O) groups is 2. The molecule has 0 bridgehead atoms. The first-order valence-corrected chi connectivity index (χ1v) is 12.6. The van der Waals surface area contributed by atoms with Gasteiger partial charge in [0.2, 0.25) is 0 Å². The van der Waals surface area contributed by atoms with Crippen LogP contribution in [-0.2, 0) is 15.0 Å². The van der Waals surface area contributed by atoms with Crippen molar-refractivity contribution in [3.8, 4) is 0 Å². The standard InChI is InChI=1S/2C4H8O2.C3H7.Tl/c2*1-3(2)4(5)6;1-3-2;/h2*3H,1-2H3,(H,5,6);1,3H2,2H3;/q;;;+2/p-2. The van der Waals surface area contributed by atoms with E-state index in [0.29, 0.717) is 0 Å². The molecule has 0 unspecified atom stereocenters. The van der Waals surface area contributed by atoms with Gasteiger partial charge in [0.25, 0.3) is 0 Å². The normalized spacial score (nSPS) is 10.4. The third kappa shape index (κ3) is 6.45. The van der Waals surface area contributed by atoms with Gasteiger partial charge in [-0.3, -0.25) is 0 Å². The first-order chi connectivity index (χ1) is 7.38. The van der Waals surface area contributed by atoms with Crippen molar-refractivity contribution < 1.29 is 15.0 Å². The molecule has 92 valence electrons. The fourth-order valence-electron chi connectivity index (χ4n) is 0.909. The van der Waals surface area contributed by atoms with Gasteiger partial charge in [-0.1, -0.05) is 0 Å². The van der Waals surface area contributed by atoms with E-state index in [-0.39, 0.29) is 23.8 Å². The first kappa shape index (κ1) is 15.9. The predicted molar refractivity (Wildman–Crippen MR) is 62.7 cm³/mol. The monoisotopic (exact) mass is 422 g/mol. The van der Waals surface area contributed by atoms with Gasteiger partial charge in [-0.25, -0.2) is 0 Å². The Morgan fingerprint density at radius 1 is 1.00 bits per heavy atom. The summed E-state index contributed by atoms with van der Waals surface area (Å²) in [6.07, 6.45) is 0.892. The Hall–Kier alpha value is -0.138. The molecule has 0 rings (SSSR count). The van der Waals surface area contributed by atoms with E-state index in [1.54, 1.807) is 27.7 Å². The quantitative estimate of drug-likeness (QED) is 0.618. The molecule has 0 aliphatic carbocycles. The van der Waals surface area contributed by atoms with Crippen LogP contribution in [0.25, 0.3) is 0 Å². The molecule has 0 aromatic carbocycles. The van der Waals surface area contributed by atoms with Crippen molar-refractivity contribution >= 4 is 35.5 Å². The Labute approximate surface area is 107 Å². The van der Waals surface area contributed by atoms with Crippen molar-refractivity contribution in [3.05, 3.63) is 0 Å². The molecule has 0 saturated heterocycles. The molecule has 0 aromatic rings. The fraction of sp³-hybridized carbons (Fsp3) is 0.818. The summed E-state index contributed by atoms with van der Waals surface area (Å²) >= 11 is -3.01. The summed E-state index contributed by atoms with van der Waals surface area (Å²) < 4.78 is 11.4. The third-order valence-electron chi connectivity index (χ3n) is 1.96. The van der Waals surface area contributed by atoms with E-state index < -0.39 is 23.6 Å². The second kappa shape index (κ2) is 8.03. The molecule has 5 heteroatoms. The molecular weight excluding hydrogens is 401 g/mol. The summed E-state index contributed by atoms with van der Waals surface area (Å²) in [7, 11) is 0. The molecule has 16 heavy (non-hydrogen) atoms. The van der Waals surface area contributed by atoms with Gasteiger partial charge in [-0.2, -0.15) is 0 Å². The molecule has 4 nitrogen and oxygen atoms in total. The van der Waals surface area contributed by atoms with Gasteiger partial charge >= 0.3 is 107 Å². The van der Waals surface area contributed by atoms with E-state index in [0.717, 1.165) is 10.4 Å². The average molecular weight is 422 g/mol. The topological polar surface area (TPSA) is 52.6 Å². The summed E-state index contributed by atoms with van der Waals surface area (Å²) in [5.41, 5.74) is 0. The summed E-state index contributed by atoms with van der Waals surface area (Å²) in [5.74, 6) is -0.789. The molecule has 0 N–H and O–H groups in total. The van der Waals surface area contributed by atoms with E-state index in [1.807, 2.05) is 6.92 Å². The van der Waals surface area contributed by atoms with E-state index in [1.165, 1.54) is 0 Å². The molecule has 0 aliphatic rings. The Morgan fingerprint density at radius 2 is 1.38 bits per heavy atom. The van der Waals surface area contributed by atoms with Crippen LogP contribution in [0.5, 0.6) is 0 Å². The third-order valence-corrected chi connectivity index (χ3v) is 9.89. The fourth-order valence-corrected chi connectivity index (χ4v) is 7.98. The molecule has 0 radical (unpaired) electrons. The van der Waals surface area contributed by atoms with E-state index in [4.69, 9.17) is 5.37 Å². The molecule has 0 spiro atoms. The van der Waals surface area contributed by atoms with Crippen LogP contribution < -0.4 is 0 Å². The van der Waals surface area contributed by atoms with Crippen LogP contribution in [0.15, 0.2) is 0 Å². The van der Waals surface area contributed by atoms with E-state index in [9.17, 15) is 9.59 Å².